The van der Waals surface area contributed by atoms with Gasteiger partial charge in [-0.05, 0) is 69.1 Å². The van der Waals surface area contributed by atoms with Crippen LogP contribution in [0.2, 0.25) is 0 Å². The van der Waals surface area contributed by atoms with Gasteiger partial charge < -0.3 is 9.32 Å². The molecule has 0 saturated carbocycles. The Labute approximate surface area is 285 Å². The first-order chi connectivity index (χ1) is 24.3. The largest absolute Gasteiger partial charge is 0.454 e. The second-order valence-corrected chi connectivity index (χ2v) is 12.8. The predicted octanol–water partition coefficient (Wildman–Crippen LogP) is 12.6. The lowest BCUT2D eigenvalue weighted by atomic mass is 9.67. The maximum Gasteiger partial charge on any atom is 0.159 e. The molecule has 0 amide bonds. The zero-order valence-corrected chi connectivity index (χ0v) is 26.8. The van der Waals surface area contributed by atoms with Gasteiger partial charge >= 0.3 is 0 Å². The van der Waals surface area contributed by atoms with Crippen LogP contribution in [0.4, 0.5) is 17.1 Å². The van der Waals surface area contributed by atoms with E-state index in [9.17, 15) is 0 Å². The van der Waals surface area contributed by atoms with Gasteiger partial charge in [0.05, 0.1) is 16.8 Å². The smallest absolute Gasteiger partial charge is 0.159 e. The standard InChI is InChI=1S/C47H31NO/c1-3-17-33(18-4-1)47(34-19-5-2-6-20-34)41-25-11-9-22-37(41)38-30-29-35(31-42(38)47)48(43-26-13-16-32-15-7-8-21-36(32)43)44-27-14-24-40-39-23-10-12-28-45(39)49-46(40)44/h1-31H. The molecule has 0 spiro atoms. The fourth-order valence-electron chi connectivity index (χ4n) is 8.29. The molecule has 49 heavy (non-hydrogen) atoms. The Kier molecular flexibility index (Phi) is 6.13. The molecule has 1 aromatic heterocycles. The number of furan rings is 1. The first-order valence-corrected chi connectivity index (χ1v) is 16.9. The van der Waals surface area contributed by atoms with Crippen molar-refractivity contribution in [3.05, 3.63) is 210 Å². The molecule has 2 heteroatoms. The molecule has 1 aliphatic carbocycles. The Morgan fingerprint density at radius 1 is 0.408 bits per heavy atom. The lowest BCUT2D eigenvalue weighted by molar-refractivity contribution is 0.669. The van der Waals surface area contributed by atoms with Crippen molar-refractivity contribution in [2.45, 2.75) is 5.41 Å². The summed E-state index contributed by atoms with van der Waals surface area (Å²) in [6, 6.07) is 68.0. The van der Waals surface area contributed by atoms with Crippen molar-refractivity contribution in [1.29, 1.82) is 0 Å². The molecule has 1 aliphatic rings. The van der Waals surface area contributed by atoms with Crippen LogP contribution in [0.3, 0.4) is 0 Å². The highest BCUT2D eigenvalue weighted by molar-refractivity contribution is 6.11. The molecule has 0 fully saturated rings. The zero-order valence-electron chi connectivity index (χ0n) is 26.8. The monoisotopic (exact) mass is 625 g/mol. The molecule has 0 radical (unpaired) electrons. The summed E-state index contributed by atoms with van der Waals surface area (Å²) in [7, 11) is 0. The zero-order chi connectivity index (χ0) is 32.4. The molecule has 0 unspecified atom stereocenters. The molecule has 10 rings (SSSR count). The highest BCUT2D eigenvalue weighted by Gasteiger charge is 2.46. The van der Waals surface area contributed by atoms with Crippen LogP contribution in [-0.4, -0.2) is 0 Å². The van der Waals surface area contributed by atoms with E-state index in [4.69, 9.17) is 4.42 Å². The van der Waals surface area contributed by atoms with Crippen LogP contribution in [0.25, 0.3) is 43.8 Å². The normalized spacial score (nSPS) is 13.1. The number of fused-ring (bicyclic) bond motifs is 7. The molecular formula is C47H31NO. The number of anilines is 3. The number of benzene rings is 8. The summed E-state index contributed by atoms with van der Waals surface area (Å²) in [5.41, 5.74) is 12.0. The van der Waals surface area contributed by atoms with E-state index in [1.807, 2.05) is 6.07 Å². The van der Waals surface area contributed by atoms with Gasteiger partial charge in [-0.2, -0.15) is 0 Å². The van der Waals surface area contributed by atoms with Crippen molar-refractivity contribution in [2.75, 3.05) is 4.90 Å². The first-order valence-electron chi connectivity index (χ1n) is 16.9. The van der Waals surface area contributed by atoms with Crippen LogP contribution in [0.5, 0.6) is 0 Å². The van der Waals surface area contributed by atoms with E-state index in [1.165, 1.54) is 44.2 Å². The minimum atomic E-state index is -0.500. The molecular weight excluding hydrogens is 595 g/mol. The quantitative estimate of drug-likeness (QED) is 0.189. The summed E-state index contributed by atoms with van der Waals surface area (Å²) in [6.45, 7) is 0. The summed E-state index contributed by atoms with van der Waals surface area (Å²) >= 11 is 0. The Morgan fingerprint density at radius 3 is 1.82 bits per heavy atom. The minimum absolute atomic E-state index is 0.500. The van der Waals surface area contributed by atoms with Gasteiger partial charge in [0.2, 0.25) is 0 Å². The summed E-state index contributed by atoms with van der Waals surface area (Å²) in [4.78, 5) is 2.40. The van der Waals surface area contributed by atoms with E-state index in [0.29, 0.717) is 0 Å². The summed E-state index contributed by atoms with van der Waals surface area (Å²) in [5.74, 6) is 0. The van der Waals surface area contributed by atoms with Crippen molar-refractivity contribution >= 4 is 49.8 Å². The van der Waals surface area contributed by atoms with Gasteiger partial charge in [0, 0.05) is 21.8 Å². The SMILES string of the molecule is c1ccc(C2(c3ccccc3)c3ccccc3-c3ccc(N(c4cccc5ccccc45)c4cccc5c4oc4ccccc45)cc32)cc1. The van der Waals surface area contributed by atoms with E-state index in [2.05, 4.69) is 187 Å². The molecule has 1 heterocycles. The molecule has 230 valence electrons. The van der Waals surface area contributed by atoms with Crippen LogP contribution >= 0.6 is 0 Å². The van der Waals surface area contributed by atoms with E-state index >= 15 is 0 Å². The third-order valence-corrected chi connectivity index (χ3v) is 10.3. The van der Waals surface area contributed by atoms with Gasteiger partial charge in [0.15, 0.2) is 5.58 Å². The fraction of sp³-hybridized carbons (Fsp3) is 0.0213. The number of hydrogen-bond acceptors (Lipinski definition) is 2. The second-order valence-electron chi connectivity index (χ2n) is 12.8. The average Bonchev–Trinajstić information content (AvgIpc) is 3.70. The lowest BCUT2D eigenvalue weighted by Crippen LogP contribution is -2.28. The molecule has 0 N–H and O–H groups in total. The highest BCUT2D eigenvalue weighted by Crippen LogP contribution is 2.57. The third-order valence-electron chi connectivity index (χ3n) is 10.3. The number of nitrogens with zero attached hydrogens (tertiary/aromatic N) is 1. The van der Waals surface area contributed by atoms with E-state index in [-0.39, 0.29) is 0 Å². The first kappa shape index (κ1) is 27.7. The minimum Gasteiger partial charge on any atom is -0.454 e. The Bertz CT molecular complexity index is 2630. The summed E-state index contributed by atoms with van der Waals surface area (Å²) < 4.78 is 6.70. The second kappa shape index (κ2) is 10.8. The van der Waals surface area contributed by atoms with Gasteiger partial charge in [0.25, 0.3) is 0 Å². The van der Waals surface area contributed by atoms with Crippen LogP contribution in [0.1, 0.15) is 22.3 Å². The van der Waals surface area contributed by atoms with Crippen molar-refractivity contribution in [3.63, 3.8) is 0 Å². The van der Waals surface area contributed by atoms with Gasteiger partial charge in [-0.25, -0.2) is 0 Å². The summed E-state index contributed by atoms with van der Waals surface area (Å²) in [5, 5.41) is 4.60. The molecule has 0 bridgehead atoms. The molecule has 0 aliphatic heterocycles. The Morgan fingerprint density at radius 2 is 1.00 bits per heavy atom. The third kappa shape index (κ3) is 4.01. The van der Waals surface area contributed by atoms with E-state index in [1.54, 1.807) is 0 Å². The van der Waals surface area contributed by atoms with Crippen molar-refractivity contribution < 1.29 is 4.42 Å². The van der Waals surface area contributed by atoms with Crippen LogP contribution in [0, 0.1) is 0 Å². The number of para-hydroxylation sites is 2. The molecule has 0 saturated heterocycles. The highest BCUT2D eigenvalue weighted by atomic mass is 16.3. The average molecular weight is 626 g/mol. The van der Waals surface area contributed by atoms with Crippen LogP contribution < -0.4 is 4.90 Å². The van der Waals surface area contributed by atoms with Gasteiger partial charge in [0.1, 0.15) is 5.58 Å². The molecule has 8 aromatic carbocycles. The van der Waals surface area contributed by atoms with Crippen LogP contribution in [-0.2, 0) is 5.41 Å². The van der Waals surface area contributed by atoms with E-state index in [0.717, 1.165) is 39.0 Å². The maximum absolute atomic E-state index is 6.70. The Hall–Kier alpha value is -6.38. The predicted molar refractivity (Wildman–Crippen MR) is 203 cm³/mol. The number of hydrogen-bond donors (Lipinski definition) is 0. The van der Waals surface area contributed by atoms with Crippen LogP contribution in [0.15, 0.2) is 192 Å². The van der Waals surface area contributed by atoms with E-state index < -0.39 is 5.41 Å². The molecule has 2 nitrogen and oxygen atoms in total. The van der Waals surface area contributed by atoms with Gasteiger partial charge in [-0.1, -0.05) is 158 Å². The topological polar surface area (TPSA) is 16.4 Å². The fourth-order valence-corrected chi connectivity index (χ4v) is 8.29. The number of rotatable bonds is 5. The molecule has 0 atom stereocenters. The van der Waals surface area contributed by atoms with Crippen molar-refractivity contribution in [2.24, 2.45) is 0 Å². The van der Waals surface area contributed by atoms with Crippen molar-refractivity contribution in [1.82, 2.24) is 0 Å². The van der Waals surface area contributed by atoms with Crippen molar-refractivity contribution in [3.8, 4) is 11.1 Å². The summed E-state index contributed by atoms with van der Waals surface area (Å²) in [6.07, 6.45) is 0. The Balaban J connectivity index is 1.31. The van der Waals surface area contributed by atoms with Gasteiger partial charge in [-0.3, -0.25) is 0 Å². The van der Waals surface area contributed by atoms with Gasteiger partial charge in [-0.15, -0.1) is 0 Å². The maximum atomic E-state index is 6.70. The lowest BCUT2D eigenvalue weighted by Gasteiger charge is -2.35. The molecule has 9 aromatic rings.